The van der Waals surface area contributed by atoms with E-state index in [9.17, 15) is 9.18 Å². The molecule has 3 aromatic rings. The minimum absolute atomic E-state index is 0.0259. The first-order chi connectivity index (χ1) is 12.6. The first kappa shape index (κ1) is 16.8. The van der Waals surface area contributed by atoms with Crippen molar-refractivity contribution in [1.29, 1.82) is 0 Å². The SMILES string of the molecule is Cc1ncsc1-c1nnc(C2CCCN2C(=O)Cc2ccccc2F)o1. The van der Waals surface area contributed by atoms with Crippen molar-refractivity contribution in [3.63, 3.8) is 0 Å². The molecule has 26 heavy (non-hydrogen) atoms. The van der Waals surface area contributed by atoms with Gasteiger partial charge in [-0.15, -0.1) is 21.5 Å². The molecule has 0 spiro atoms. The molecule has 2 aromatic heterocycles. The number of hydrogen-bond acceptors (Lipinski definition) is 6. The van der Waals surface area contributed by atoms with Gasteiger partial charge in [0.1, 0.15) is 16.7 Å². The summed E-state index contributed by atoms with van der Waals surface area (Å²) in [4.78, 5) is 19.4. The lowest BCUT2D eigenvalue weighted by Gasteiger charge is -2.22. The number of hydrogen-bond donors (Lipinski definition) is 0. The highest BCUT2D eigenvalue weighted by Crippen LogP contribution is 2.34. The second-order valence-electron chi connectivity index (χ2n) is 6.23. The van der Waals surface area contributed by atoms with Gasteiger partial charge >= 0.3 is 0 Å². The van der Waals surface area contributed by atoms with E-state index in [0.717, 1.165) is 23.4 Å². The monoisotopic (exact) mass is 372 g/mol. The Kier molecular flexibility index (Phi) is 4.50. The highest BCUT2D eigenvalue weighted by molar-refractivity contribution is 7.13. The molecule has 1 aliphatic rings. The van der Waals surface area contributed by atoms with Gasteiger partial charge in [-0.3, -0.25) is 4.79 Å². The fourth-order valence-corrected chi connectivity index (χ4v) is 3.92. The summed E-state index contributed by atoms with van der Waals surface area (Å²) in [6.07, 6.45) is 1.63. The Bertz CT molecular complexity index is 939. The van der Waals surface area contributed by atoms with E-state index in [1.165, 1.54) is 17.4 Å². The summed E-state index contributed by atoms with van der Waals surface area (Å²) >= 11 is 1.44. The van der Waals surface area contributed by atoms with E-state index >= 15 is 0 Å². The Morgan fingerprint density at radius 3 is 3.00 bits per heavy atom. The average Bonchev–Trinajstić information content (AvgIpc) is 3.35. The van der Waals surface area contributed by atoms with Crippen LogP contribution in [0.15, 0.2) is 34.2 Å². The van der Waals surface area contributed by atoms with E-state index in [1.54, 1.807) is 28.6 Å². The zero-order valence-electron chi connectivity index (χ0n) is 14.2. The Morgan fingerprint density at radius 1 is 1.38 bits per heavy atom. The fourth-order valence-electron chi connectivity index (χ4n) is 3.20. The Morgan fingerprint density at radius 2 is 2.23 bits per heavy atom. The molecule has 0 bridgehead atoms. The third kappa shape index (κ3) is 3.12. The standard InChI is InChI=1S/C18H17FN4O2S/c1-11-16(26-10-20-11)18-22-21-17(25-18)14-7-4-8-23(14)15(24)9-12-5-2-3-6-13(12)19/h2-3,5-6,10,14H,4,7-9H2,1H3. The fraction of sp³-hybridized carbons (Fsp3) is 0.333. The third-order valence-corrected chi connectivity index (χ3v) is 5.45. The van der Waals surface area contributed by atoms with Gasteiger partial charge in [0, 0.05) is 6.54 Å². The van der Waals surface area contributed by atoms with Crippen molar-refractivity contribution in [1.82, 2.24) is 20.1 Å². The zero-order chi connectivity index (χ0) is 18.1. The molecule has 6 nitrogen and oxygen atoms in total. The first-order valence-electron chi connectivity index (χ1n) is 8.40. The maximum absolute atomic E-state index is 13.8. The number of rotatable bonds is 4. The zero-order valence-corrected chi connectivity index (χ0v) is 15.0. The molecule has 1 atom stereocenters. The van der Waals surface area contributed by atoms with E-state index in [-0.39, 0.29) is 24.2 Å². The van der Waals surface area contributed by atoms with Gasteiger partial charge in [0.15, 0.2) is 0 Å². The van der Waals surface area contributed by atoms with Crippen LogP contribution >= 0.6 is 11.3 Å². The third-order valence-electron chi connectivity index (χ3n) is 4.54. The number of nitrogens with zero attached hydrogens (tertiary/aromatic N) is 4. The van der Waals surface area contributed by atoms with Crippen molar-refractivity contribution in [2.24, 2.45) is 0 Å². The number of halogens is 1. The van der Waals surface area contributed by atoms with Crippen molar-refractivity contribution in [3.8, 4) is 10.8 Å². The Labute approximate surface area is 153 Å². The van der Waals surface area contributed by atoms with Gasteiger partial charge in [0.25, 0.3) is 5.89 Å². The molecular weight excluding hydrogens is 355 g/mol. The number of amides is 1. The second-order valence-corrected chi connectivity index (χ2v) is 7.08. The maximum atomic E-state index is 13.8. The highest BCUT2D eigenvalue weighted by Gasteiger charge is 2.34. The largest absolute Gasteiger partial charge is 0.418 e. The van der Waals surface area contributed by atoms with Crippen LogP contribution in [0.2, 0.25) is 0 Å². The predicted octanol–water partition coefficient (Wildman–Crippen LogP) is 3.55. The smallest absolute Gasteiger partial charge is 0.259 e. The minimum atomic E-state index is -0.364. The summed E-state index contributed by atoms with van der Waals surface area (Å²) in [5, 5.41) is 8.26. The molecule has 0 radical (unpaired) electrons. The molecule has 0 saturated carbocycles. The molecule has 4 rings (SSSR count). The van der Waals surface area contributed by atoms with Crippen LogP contribution < -0.4 is 0 Å². The number of thiazole rings is 1. The molecule has 1 aliphatic heterocycles. The van der Waals surface area contributed by atoms with Crippen LogP contribution in [0.3, 0.4) is 0 Å². The van der Waals surface area contributed by atoms with Crippen molar-refractivity contribution >= 4 is 17.2 Å². The van der Waals surface area contributed by atoms with E-state index in [1.807, 2.05) is 6.92 Å². The van der Waals surface area contributed by atoms with Gasteiger partial charge < -0.3 is 9.32 Å². The molecule has 0 aliphatic carbocycles. The van der Waals surface area contributed by atoms with E-state index in [4.69, 9.17) is 4.42 Å². The van der Waals surface area contributed by atoms with Gasteiger partial charge in [0.2, 0.25) is 11.8 Å². The van der Waals surface area contributed by atoms with Crippen LogP contribution in [0.5, 0.6) is 0 Å². The predicted molar refractivity (Wildman–Crippen MR) is 93.9 cm³/mol. The van der Waals surface area contributed by atoms with Crippen molar-refractivity contribution in [2.45, 2.75) is 32.2 Å². The van der Waals surface area contributed by atoms with Crippen LogP contribution in [0, 0.1) is 12.7 Å². The molecule has 1 fully saturated rings. The van der Waals surface area contributed by atoms with Gasteiger partial charge in [-0.1, -0.05) is 18.2 Å². The van der Waals surface area contributed by atoms with Crippen LogP contribution in [-0.4, -0.2) is 32.5 Å². The van der Waals surface area contributed by atoms with Gasteiger partial charge in [-0.25, -0.2) is 9.37 Å². The average molecular weight is 372 g/mol. The lowest BCUT2D eigenvalue weighted by atomic mass is 10.1. The minimum Gasteiger partial charge on any atom is -0.418 e. The molecule has 1 saturated heterocycles. The number of carbonyl (C=O) groups excluding carboxylic acids is 1. The molecule has 0 N–H and O–H groups in total. The summed E-state index contributed by atoms with van der Waals surface area (Å²) in [6, 6.07) is 6.09. The van der Waals surface area contributed by atoms with Crippen LogP contribution in [0.1, 0.15) is 36.0 Å². The molecule has 134 valence electrons. The molecule has 8 heteroatoms. The van der Waals surface area contributed by atoms with Crippen LogP contribution in [-0.2, 0) is 11.2 Å². The highest BCUT2D eigenvalue weighted by atomic mass is 32.1. The number of benzene rings is 1. The van der Waals surface area contributed by atoms with E-state index in [2.05, 4.69) is 15.2 Å². The maximum Gasteiger partial charge on any atom is 0.259 e. The number of carbonyl (C=O) groups is 1. The summed E-state index contributed by atoms with van der Waals surface area (Å²) in [6.45, 7) is 2.49. The Hall–Kier alpha value is -2.61. The topological polar surface area (TPSA) is 72.1 Å². The summed E-state index contributed by atoms with van der Waals surface area (Å²) in [5.41, 5.74) is 2.97. The van der Waals surface area contributed by atoms with E-state index < -0.39 is 0 Å². The lowest BCUT2D eigenvalue weighted by Crippen LogP contribution is -2.32. The molecule has 1 amide bonds. The quantitative estimate of drug-likeness (QED) is 0.700. The second kappa shape index (κ2) is 6.95. The van der Waals surface area contributed by atoms with Crippen molar-refractivity contribution in [3.05, 3.63) is 52.7 Å². The lowest BCUT2D eigenvalue weighted by molar-refractivity contribution is -0.131. The van der Waals surface area contributed by atoms with E-state index in [0.29, 0.717) is 23.9 Å². The van der Waals surface area contributed by atoms with Crippen LogP contribution in [0.25, 0.3) is 10.8 Å². The van der Waals surface area contributed by atoms with Gasteiger partial charge in [-0.2, -0.15) is 0 Å². The van der Waals surface area contributed by atoms with Gasteiger partial charge in [0.05, 0.1) is 17.6 Å². The normalized spacial score (nSPS) is 17.0. The number of likely N-dealkylation sites (tertiary alicyclic amines) is 1. The summed E-state index contributed by atoms with van der Waals surface area (Å²) in [5.74, 6) is 0.351. The van der Waals surface area contributed by atoms with Gasteiger partial charge in [-0.05, 0) is 31.4 Å². The molecular formula is C18H17FN4O2S. The summed E-state index contributed by atoms with van der Waals surface area (Å²) in [7, 11) is 0. The molecule has 1 aromatic carbocycles. The number of aryl methyl sites for hydroxylation is 1. The summed E-state index contributed by atoms with van der Waals surface area (Å²) < 4.78 is 19.7. The first-order valence-corrected chi connectivity index (χ1v) is 9.28. The van der Waals surface area contributed by atoms with Crippen LogP contribution in [0.4, 0.5) is 4.39 Å². The Balaban J connectivity index is 1.54. The molecule has 3 heterocycles. The molecule has 1 unspecified atom stereocenters. The van der Waals surface area contributed by atoms with Crippen molar-refractivity contribution < 1.29 is 13.6 Å². The number of aromatic nitrogens is 3. The van der Waals surface area contributed by atoms with Crippen molar-refractivity contribution in [2.75, 3.05) is 6.54 Å².